The average molecular weight is 324 g/mol. The second-order valence-corrected chi connectivity index (χ2v) is 7.34. The molecule has 3 heteroatoms. The minimum Gasteiger partial charge on any atom is -0.381 e. The number of likely N-dealkylation sites (tertiary alicyclic amines) is 1. The normalized spacial score (nSPS) is 22.9. The largest absolute Gasteiger partial charge is 0.381 e. The monoisotopic (exact) mass is 323 g/mol. The van der Waals surface area contributed by atoms with E-state index in [-0.39, 0.29) is 0 Å². The van der Waals surface area contributed by atoms with E-state index in [1.165, 1.54) is 31.6 Å². The van der Waals surface area contributed by atoms with Crippen molar-refractivity contribution in [3.05, 3.63) is 34.9 Å². The molecular weight excluding hydrogens is 294 g/mol. The quantitative estimate of drug-likeness (QED) is 0.645. The lowest BCUT2D eigenvalue weighted by Gasteiger charge is -2.34. The first-order valence-corrected chi connectivity index (χ1v) is 9.06. The summed E-state index contributed by atoms with van der Waals surface area (Å²) in [7, 11) is 0. The summed E-state index contributed by atoms with van der Waals surface area (Å²) in [6.45, 7) is 10.2. The summed E-state index contributed by atoms with van der Waals surface area (Å²) in [5.74, 6) is 1.70. The summed E-state index contributed by atoms with van der Waals surface area (Å²) in [5.41, 5.74) is 1.34. The molecule has 2 nitrogen and oxygen atoms in total. The van der Waals surface area contributed by atoms with E-state index in [1.54, 1.807) is 0 Å². The van der Waals surface area contributed by atoms with Gasteiger partial charge in [0.05, 0.1) is 0 Å². The van der Waals surface area contributed by atoms with Crippen LogP contribution in [0.1, 0.15) is 38.7 Å². The molecular formula is C19H30ClNO. The lowest BCUT2D eigenvalue weighted by molar-refractivity contribution is 0.0980. The maximum Gasteiger partial charge on any atom is 0.0478 e. The predicted octanol–water partition coefficient (Wildman–Crippen LogP) is 4.66. The van der Waals surface area contributed by atoms with E-state index in [2.05, 4.69) is 30.9 Å². The molecule has 1 aromatic rings. The minimum atomic E-state index is 0.807. The number of hydrogen-bond acceptors (Lipinski definition) is 2. The Hall–Kier alpha value is -0.570. The SMILES string of the molecule is C[C@@H]1C[C@H](C)CN(CCCOCCCc2ccc(Cl)cc2)C1. The number of aryl methyl sites for hydroxylation is 1. The summed E-state index contributed by atoms with van der Waals surface area (Å²) >= 11 is 5.88. The van der Waals surface area contributed by atoms with Gasteiger partial charge in [0.25, 0.3) is 0 Å². The Kier molecular flexibility index (Phi) is 7.71. The van der Waals surface area contributed by atoms with Gasteiger partial charge in [-0.1, -0.05) is 37.6 Å². The molecule has 0 spiro atoms. The molecule has 1 aliphatic heterocycles. The van der Waals surface area contributed by atoms with Crippen molar-refractivity contribution in [2.75, 3.05) is 32.8 Å². The van der Waals surface area contributed by atoms with E-state index in [0.29, 0.717) is 0 Å². The Morgan fingerprint density at radius 3 is 2.36 bits per heavy atom. The summed E-state index contributed by atoms with van der Waals surface area (Å²) < 4.78 is 5.77. The van der Waals surface area contributed by atoms with Gasteiger partial charge >= 0.3 is 0 Å². The number of nitrogens with zero attached hydrogens (tertiary/aromatic N) is 1. The first-order valence-electron chi connectivity index (χ1n) is 8.68. The Labute approximate surface area is 140 Å². The smallest absolute Gasteiger partial charge is 0.0478 e. The van der Waals surface area contributed by atoms with Crippen molar-refractivity contribution in [1.82, 2.24) is 4.90 Å². The Bertz CT molecular complexity index is 410. The Balaban J connectivity index is 1.48. The summed E-state index contributed by atoms with van der Waals surface area (Å²) in [4.78, 5) is 2.61. The van der Waals surface area contributed by atoms with Gasteiger partial charge in [0.1, 0.15) is 0 Å². The number of rotatable bonds is 8. The first kappa shape index (κ1) is 17.8. The highest BCUT2D eigenvalue weighted by atomic mass is 35.5. The van der Waals surface area contributed by atoms with Gasteiger partial charge in [-0.05, 0) is 55.2 Å². The topological polar surface area (TPSA) is 12.5 Å². The second kappa shape index (κ2) is 9.54. The van der Waals surface area contributed by atoms with Gasteiger partial charge in [-0.3, -0.25) is 0 Å². The molecule has 0 saturated carbocycles. The fourth-order valence-corrected chi connectivity index (χ4v) is 3.62. The highest BCUT2D eigenvalue weighted by Crippen LogP contribution is 2.20. The maximum atomic E-state index is 5.88. The van der Waals surface area contributed by atoms with Crippen molar-refractivity contribution in [2.45, 2.75) is 39.5 Å². The van der Waals surface area contributed by atoms with Crippen molar-refractivity contribution in [1.29, 1.82) is 0 Å². The van der Waals surface area contributed by atoms with E-state index in [9.17, 15) is 0 Å². The molecule has 0 bridgehead atoms. The molecule has 0 aliphatic carbocycles. The van der Waals surface area contributed by atoms with Gasteiger partial charge in [-0.25, -0.2) is 0 Å². The van der Waals surface area contributed by atoms with Crippen LogP contribution in [0, 0.1) is 11.8 Å². The molecule has 1 saturated heterocycles. The molecule has 2 rings (SSSR count). The third-order valence-electron chi connectivity index (χ3n) is 4.37. The average Bonchev–Trinajstić information content (AvgIpc) is 2.47. The molecule has 22 heavy (non-hydrogen) atoms. The molecule has 0 aromatic heterocycles. The molecule has 0 amide bonds. The van der Waals surface area contributed by atoms with Crippen LogP contribution in [0.5, 0.6) is 0 Å². The van der Waals surface area contributed by atoms with Crippen LogP contribution in [0.15, 0.2) is 24.3 Å². The Morgan fingerprint density at radius 2 is 1.68 bits per heavy atom. The lowest BCUT2D eigenvalue weighted by Crippen LogP contribution is -2.39. The predicted molar refractivity (Wildman–Crippen MR) is 94.6 cm³/mol. The van der Waals surface area contributed by atoms with Gasteiger partial charge in [0, 0.05) is 37.9 Å². The van der Waals surface area contributed by atoms with Gasteiger partial charge in [0.15, 0.2) is 0 Å². The second-order valence-electron chi connectivity index (χ2n) is 6.90. The maximum absolute atomic E-state index is 5.88. The van der Waals surface area contributed by atoms with E-state index < -0.39 is 0 Å². The van der Waals surface area contributed by atoms with Crippen LogP contribution in [0.3, 0.4) is 0 Å². The Morgan fingerprint density at radius 1 is 1.05 bits per heavy atom. The van der Waals surface area contributed by atoms with Gasteiger partial charge in [-0.15, -0.1) is 0 Å². The van der Waals surface area contributed by atoms with Crippen LogP contribution in [0.4, 0.5) is 0 Å². The number of hydrogen-bond donors (Lipinski definition) is 0. The molecule has 2 atom stereocenters. The zero-order valence-corrected chi connectivity index (χ0v) is 14.8. The van der Waals surface area contributed by atoms with Crippen LogP contribution >= 0.6 is 11.6 Å². The standard InChI is InChI=1S/C19H30ClNO/c1-16-13-17(2)15-21(14-16)10-4-12-22-11-3-5-18-6-8-19(20)9-7-18/h6-9,16-17H,3-5,10-15H2,1-2H3/t16-,17+. The minimum absolute atomic E-state index is 0.807. The van der Waals surface area contributed by atoms with Crippen molar-refractivity contribution < 1.29 is 4.74 Å². The summed E-state index contributed by atoms with van der Waals surface area (Å²) in [5, 5.41) is 0.807. The van der Waals surface area contributed by atoms with Crippen LogP contribution in [-0.4, -0.2) is 37.7 Å². The van der Waals surface area contributed by atoms with Crippen LogP contribution in [0.2, 0.25) is 5.02 Å². The fourth-order valence-electron chi connectivity index (χ4n) is 3.50. The van der Waals surface area contributed by atoms with E-state index >= 15 is 0 Å². The molecule has 1 aliphatic rings. The summed E-state index contributed by atoms with van der Waals surface area (Å²) in [6, 6.07) is 8.11. The zero-order chi connectivity index (χ0) is 15.8. The van der Waals surface area contributed by atoms with Gasteiger partial charge < -0.3 is 9.64 Å². The highest BCUT2D eigenvalue weighted by molar-refractivity contribution is 6.30. The van der Waals surface area contributed by atoms with Crippen LogP contribution in [-0.2, 0) is 11.2 Å². The molecule has 1 heterocycles. The van der Waals surface area contributed by atoms with E-state index in [0.717, 1.165) is 49.3 Å². The fraction of sp³-hybridized carbons (Fsp3) is 0.684. The molecule has 0 N–H and O–H groups in total. The zero-order valence-electron chi connectivity index (χ0n) is 14.1. The van der Waals surface area contributed by atoms with Crippen LogP contribution < -0.4 is 0 Å². The molecule has 1 aromatic carbocycles. The first-order chi connectivity index (χ1) is 10.6. The molecule has 0 unspecified atom stereocenters. The van der Waals surface area contributed by atoms with Crippen LogP contribution in [0.25, 0.3) is 0 Å². The molecule has 1 fully saturated rings. The highest BCUT2D eigenvalue weighted by Gasteiger charge is 2.20. The van der Waals surface area contributed by atoms with Crippen molar-refractivity contribution >= 4 is 11.6 Å². The summed E-state index contributed by atoms with van der Waals surface area (Å²) in [6.07, 6.45) is 4.69. The number of benzene rings is 1. The number of ether oxygens (including phenoxy) is 1. The van der Waals surface area contributed by atoms with Gasteiger partial charge in [-0.2, -0.15) is 0 Å². The van der Waals surface area contributed by atoms with E-state index in [1.807, 2.05) is 12.1 Å². The molecule has 0 radical (unpaired) electrons. The lowest BCUT2D eigenvalue weighted by atomic mass is 9.92. The third kappa shape index (κ3) is 6.68. The number of piperidine rings is 1. The van der Waals surface area contributed by atoms with Crippen molar-refractivity contribution in [2.24, 2.45) is 11.8 Å². The van der Waals surface area contributed by atoms with Crippen molar-refractivity contribution in [3.8, 4) is 0 Å². The number of halogens is 1. The van der Waals surface area contributed by atoms with Crippen molar-refractivity contribution in [3.63, 3.8) is 0 Å². The van der Waals surface area contributed by atoms with E-state index in [4.69, 9.17) is 16.3 Å². The molecule has 124 valence electrons. The third-order valence-corrected chi connectivity index (χ3v) is 4.63. The van der Waals surface area contributed by atoms with Gasteiger partial charge in [0.2, 0.25) is 0 Å².